The fourth-order valence-electron chi connectivity index (χ4n) is 2.48. The van der Waals surface area contributed by atoms with Crippen LogP contribution in [0.2, 0.25) is 0 Å². The molecular weight excluding hydrogens is 242 g/mol. The molecular formula is C14H19N3O2. The number of hydrogen-bond acceptors (Lipinski definition) is 5. The first kappa shape index (κ1) is 13.8. The number of rotatable bonds is 2. The highest BCUT2D eigenvalue weighted by atomic mass is 16.3. The van der Waals surface area contributed by atoms with Crippen LogP contribution < -0.4 is 4.90 Å². The van der Waals surface area contributed by atoms with Gasteiger partial charge in [-0.15, -0.1) is 0 Å². The number of aliphatic hydroxyl groups is 2. The number of nitrogens with zero attached hydrogens (tertiary/aromatic N) is 3. The molecule has 0 radical (unpaired) electrons. The Bertz CT molecular complexity index is 514. The molecule has 0 aromatic carbocycles. The van der Waals surface area contributed by atoms with Crippen LogP contribution in [0.1, 0.15) is 29.7 Å². The van der Waals surface area contributed by atoms with Crippen molar-refractivity contribution in [3.8, 4) is 6.07 Å². The quantitative estimate of drug-likeness (QED) is 0.826. The smallest absolute Gasteiger partial charge is 0.147 e. The van der Waals surface area contributed by atoms with E-state index in [1.165, 1.54) is 0 Å². The van der Waals surface area contributed by atoms with E-state index in [-0.39, 0.29) is 6.61 Å². The number of aliphatic hydroxyl groups excluding tert-OH is 1. The van der Waals surface area contributed by atoms with Crippen molar-refractivity contribution in [3.63, 3.8) is 0 Å². The Morgan fingerprint density at radius 3 is 2.58 bits per heavy atom. The van der Waals surface area contributed by atoms with Gasteiger partial charge < -0.3 is 15.1 Å². The van der Waals surface area contributed by atoms with Gasteiger partial charge in [0, 0.05) is 18.8 Å². The molecule has 0 atom stereocenters. The van der Waals surface area contributed by atoms with E-state index in [2.05, 4.69) is 11.1 Å². The summed E-state index contributed by atoms with van der Waals surface area (Å²) in [5.41, 5.74) is 1.42. The van der Waals surface area contributed by atoms with Gasteiger partial charge in [-0.05, 0) is 38.3 Å². The Morgan fingerprint density at radius 2 is 2.05 bits per heavy atom. The molecule has 1 aromatic rings. The van der Waals surface area contributed by atoms with Gasteiger partial charge in [-0.3, -0.25) is 0 Å². The Morgan fingerprint density at radius 1 is 1.42 bits per heavy atom. The van der Waals surface area contributed by atoms with Crippen molar-refractivity contribution in [1.29, 1.82) is 5.26 Å². The summed E-state index contributed by atoms with van der Waals surface area (Å²) in [6.45, 7) is 4.80. The van der Waals surface area contributed by atoms with Crippen molar-refractivity contribution >= 4 is 5.82 Å². The predicted octanol–water partition coefficient (Wildman–Crippen LogP) is 0.894. The molecule has 1 aliphatic heterocycles. The SMILES string of the molecule is Cc1cc(C)c(C#N)c(N2CCC(O)(CO)CC2)n1. The molecule has 2 heterocycles. The van der Waals surface area contributed by atoms with Crippen LogP contribution in [0.5, 0.6) is 0 Å². The van der Waals surface area contributed by atoms with Crippen LogP contribution >= 0.6 is 0 Å². The summed E-state index contributed by atoms with van der Waals surface area (Å²) in [7, 11) is 0. The zero-order valence-corrected chi connectivity index (χ0v) is 11.3. The van der Waals surface area contributed by atoms with Gasteiger partial charge in [0.15, 0.2) is 0 Å². The van der Waals surface area contributed by atoms with Crippen molar-refractivity contribution in [2.24, 2.45) is 0 Å². The maximum atomic E-state index is 10.0. The summed E-state index contributed by atoms with van der Waals surface area (Å²) < 4.78 is 0. The average molecular weight is 261 g/mol. The normalized spacial score (nSPS) is 18.2. The van der Waals surface area contributed by atoms with E-state index >= 15 is 0 Å². The predicted molar refractivity (Wildman–Crippen MR) is 71.9 cm³/mol. The van der Waals surface area contributed by atoms with Crippen LogP contribution in [-0.2, 0) is 0 Å². The highest BCUT2D eigenvalue weighted by Gasteiger charge is 2.32. The van der Waals surface area contributed by atoms with Gasteiger partial charge in [-0.1, -0.05) is 0 Å². The number of hydrogen-bond donors (Lipinski definition) is 2. The molecule has 0 amide bonds. The van der Waals surface area contributed by atoms with E-state index in [0.717, 1.165) is 11.3 Å². The van der Waals surface area contributed by atoms with E-state index in [1.54, 1.807) is 0 Å². The molecule has 2 N–H and O–H groups in total. The third kappa shape index (κ3) is 2.70. The molecule has 0 unspecified atom stereocenters. The van der Waals surface area contributed by atoms with Crippen molar-refractivity contribution in [1.82, 2.24) is 4.98 Å². The molecule has 0 bridgehead atoms. The third-order valence-electron chi connectivity index (χ3n) is 3.73. The van der Waals surface area contributed by atoms with Gasteiger partial charge in [-0.2, -0.15) is 5.26 Å². The fraction of sp³-hybridized carbons (Fsp3) is 0.571. The lowest BCUT2D eigenvalue weighted by atomic mass is 9.92. The van der Waals surface area contributed by atoms with E-state index in [1.807, 2.05) is 24.8 Å². The summed E-state index contributed by atoms with van der Waals surface area (Å²) >= 11 is 0. The summed E-state index contributed by atoms with van der Waals surface area (Å²) in [4.78, 5) is 6.48. The topological polar surface area (TPSA) is 80.4 Å². The lowest BCUT2D eigenvalue weighted by molar-refractivity contribution is -0.0326. The lowest BCUT2D eigenvalue weighted by Crippen LogP contribution is -2.47. The fourth-order valence-corrected chi connectivity index (χ4v) is 2.48. The Labute approximate surface area is 113 Å². The Balaban J connectivity index is 2.27. The van der Waals surface area contributed by atoms with Gasteiger partial charge in [0.2, 0.25) is 0 Å². The maximum Gasteiger partial charge on any atom is 0.147 e. The summed E-state index contributed by atoms with van der Waals surface area (Å²) in [5, 5.41) is 28.4. The van der Waals surface area contributed by atoms with E-state index < -0.39 is 5.60 Å². The minimum atomic E-state index is -0.984. The maximum absolute atomic E-state index is 10.0. The lowest BCUT2D eigenvalue weighted by Gasteiger charge is -2.38. The molecule has 0 aliphatic carbocycles. The molecule has 1 fully saturated rings. The van der Waals surface area contributed by atoms with Gasteiger partial charge in [0.25, 0.3) is 0 Å². The number of aryl methyl sites for hydroxylation is 2. The van der Waals surface area contributed by atoms with Gasteiger partial charge in [0.05, 0.1) is 17.8 Å². The van der Waals surface area contributed by atoms with Gasteiger partial charge in [0.1, 0.15) is 11.9 Å². The molecule has 5 heteroatoms. The number of pyridine rings is 1. The Hall–Kier alpha value is -1.64. The van der Waals surface area contributed by atoms with Gasteiger partial charge in [-0.25, -0.2) is 4.98 Å². The van der Waals surface area contributed by atoms with Crippen molar-refractivity contribution in [3.05, 3.63) is 22.9 Å². The van der Waals surface area contributed by atoms with Crippen LogP contribution in [0.15, 0.2) is 6.07 Å². The van der Waals surface area contributed by atoms with Crippen LogP contribution in [-0.4, -0.2) is 40.5 Å². The minimum absolute atomic E-state index is 0.216. The highest BCUT2D eigenvalue weighted by Crippen LogP contribution is 2.28. The molecule has 102 valence electrons. The standard InChI is InChI=1S/C14H19N3O2/c1-10-7-11(2)16-13(12(10)8-15)17-5-3-14(19,9-18)4-6-17/h7,18-19H,3-6,9H2,1-2H3. The number of nitriles is 1. The molecule has 5 nitrogen and oxygen atoms in total. The molecule has 0 spiro atoms. The van der Waals surface area contributed by atoms with Crippen molar-refractivity contribution in [2.75, 3.05) is 24.6 Å². The largest absolute Gasteiger partial charge is 0.393 e. The van der Waals surface area contributed by atoms with E-state index in [4.69, 9.17) is 5.11 Å². The van der Waals surface area contributed by atoms with Gasteiger partial charge >= 0.3 is 0 Å². The van der Waals surface area contributed by atoms with Crippen LogP contribution in [0, 0.1) is 25.2 Å². The Kier molecular flexibility index (Phi) is 3.74. The molecule has 2 rings (SSSR count). The summed E-state index contributed by atoms with van der Waals surface area (Å²) in [6.07, 6.45) is 0.978. The second kappa shape index (κ2) is 5.16. The first-order valence-corrected chi connectivity index (χ1v) is 6.45. The van der Waals surface area contributed by atoms with Crippen molar-refractivity contribution in [2.45, 2.75) is 32.3 Å². The number of aromatic nitrogens is 1. The van der Waals surface area contributed by atoms with E-state index in [9.17, 15) is 10.4 Å². The highest BCUT2D eigenvalue weighted by molar-refractivity contribution is 5.58. The van der Waals surface area contributed by atoms with E-state index in [0.29, 0.717) is 37.3 Å². The molecule has 1 aliphatic rings. The minimum Gasteiger partial charge on any atom is -0.393 e. The number of piperidine rings is 1. The molecule has 1 aromatic heterocycles. The van der Waals surface area contributed by atoms with Crippen LogP contribution in [0.3, 0.4) is 0 Å². The monoisotopic (exact) mass is 261 g/mol. The zero-order chi connectivity index (χ0) is 14.0. The summed E-state index contributed by atoms with van der Waals surface area (Å²) in [5.74, 6) is 0.694. The first-order valence-electron chi connectivity index (χ1n) is 6.45. The second-order valence-corrected chi connectivity index (χ2v) is 5.26. The first-order chi connectivity index (χ1) is 8.99. The zero-order valence-electron chi connectivity index (χ0n) is 11.3. The molecule has 1 saturated heterocycles. The van der Waals surface area contributed by atoms with Crippen LogP contribution in [0.25, 0.3) is 0 Å². The summed E-state index contributed by atoms with van der Waals surface area (Å²) in [6, 6.07) is 4.11. The van der Waals surface area contributed by atoms with Crippen molar-refractivity contribution < 1.29 is 10.2 Å². The number of anilines is 1. The molecule has 19 heavy (non-hydrogen) atoms. The van der Waals surface area contributed by atoms with Crippen LogP contribution in [0.4, 0.5) is 5.82 Å². The second-order valence-electron chi connectivity index (χ2n) is 5.26. The molecule has 0 saturated carbocycles. The average Bonchev–Trinajstić information content (AvgIpc) is 2.39. The third-order valence-corrected chi connectivity index (χ3v) is 3.73.